The minimum atomic E-state index is -0.282. The highest BCUT2D eigenvalue weighted by molar-refractivity contribution is 9.10. The van der Waals surface area contributed by atoms with Gasteiger partial charge in [-0.2, -0.15) is 0 Å². The molecule has 0 aromatic heterocycles. The van der Waals surface area contributed by atoms with Gasteiger partial charge in [0.05, 0.1) is 14.2 Å². The molecule has 0 bridgehead atoms. The zero-order chi connectivity index (χ0) is 13.1. The van der Waals surface area contributed by atoms with Gasteiger partial charge in [0, 0.05) is 10.5 Å². The van der Waals surface area contributed by atoms with Crippen molar-refractivity contribution in [1.82, 2.24) is 0 Å². The molecule has 94 valence electrons. The predicted octanol–water partition coefficient (Wildman–Crippen LogP) is 4.27. The summed E-state index contributed by atoms with van der Waals surface area (Å²) < 4.78 is 24.5. The van der Waals surface area contributed by atoms with E-state index in [4.69, 9.17) is 9.47 Å². The third kappa shape index (κ3) is 2.64. The van der Waals surface area contributed by atoms with Crippen LogP contribution in [0.4, 0.5) is 4.39 Å². The Hall–Kier alpha value is -1.55. The SMILES string of the molecule is COc1cc(OC)cc(-c2cc(F)ccc2Br)c1. The molecular formula is C14H12BrFO2. The van der Waals surface area contributed by atoms with E-state index in [2.05, 4.69) is 15.9 Å². The van der Waals surface area contributed by atoms with Crippen LogP contribution in [0, 0.1) is 5.82 Å². The van der Waals surface area contributed by atoms with Gasteiger partial charge in [0.1, 0.15) is 17.3 Å². The number of hydrogen-bond donors (Lipinski definition) is 0. The number of rotatable bonds is 3. The minimum Gasteiger partial charge on any atom is -0.497 e. The molecule has 4 heteroatoms. The van der Waals surface area contributed by atoms with E-state index >= 15 is 0 Å². The molecule has 2 nitrogen and oxygen atoms in total. The van der Waals surface area contributed by atoms with E-state index in [0.29, 0.717) is 11.5 Å². The molecule has 0 saturated carbocycles. The van der Waals surface area contributed by atoms with Gasteiger partial charge in [-0.1, -0.05) is 15.9 Å². The maximum Gasteiger partial charge on any atom is 0.123 e. The first kappa shape index (κ1) is 12.9. The van der Waals surface area contributed by atoms with E-state index in [0.717, 1.165) is 15.6 Å². The first-order valence-electron chi connectivity index (χ1n) is 5.32. The Labute approximate surface area is 113 Å². The third-order valence-electron chi connectivity index (χ3n) is 2.59. The molecule has 0 aliphatic heterocycles. The molecule has 0 fully saturated rings. The van der Waals surface area contributed by atoms with Gasteiger partial charge in [-0.25, -0.2) is 4.39 Å². The second kappa shape index (κ2) is 5.40. The Bertz CT molecular complexity index is 547. The monoisotopic (exact) mass is 310 g/mol. The van der Waals surface area contributed by atoms with Crippen LogP contribution in [0.5, 0.6) is 11.5 Å². The van der Waals surface area contributed by atoms with E-state index in [-0.39, 0.29) is 5.82 Å². The topological polar surface area (TPSA) is 18.5 Å². The zero-order valence-corrected chi connectivity index (χ0v) is 11.6. The fourth-order valence-corrected chi connectivity index (χ4v) is 2.16. The highest BCUT2D eigenvalue weighted by atomic mass is 79.9. The van der Waals surface area contributed by atoms with Gasteiger partial charge in [-0.15, -0.1) is 0 Å². The molecule has 0 amide bonds. The molecule has 0 aliphatic rings. The van der Waals surface area contributed by atoms with Crippen molar-refractivity contribution in [2.24, 2.45) is 0 Å². The average Bonchev–Trinajstić information content (AvgIpc) is 2.40. The number of halogens is 2. The van der Waals surface area contributed by atoms with Crippen molar-refractivity contribution < 1.29 is 13.9 Å². The highest BCUT2D eigenvalue weighted by Gasteiger charge is 2.08. The summed E-state index contributed by atoms with van der Waals surface area (Å²) in [5.74, 6) is 1.05. The summed E-state index contributed by atoms with van der Waals surface area (Å²) in [5.41, 5.74) is 1.59. The van der Waals surface area contributed by atoms with Crippen LogP contribution in [-0.2, 0) is 0 Å². The quantitative estimate of drug-likeness (QED) is 0.842. The maximum atomic E-state index is 13.3. The van der Waals surface area contributed by atoms with Crippen molar-refractivity contribution >= 4 is 15.9 Å². The Morgan fingerprint density at radius 1 is 0.944 bits per heavy atom. The van der Waals surface area contributed by atoms with Crippen molar-refractivity contribution in [2.75, 3.05) is 14.2 Å². The van der Waals surface area contributed by atoms with Crippen LogP contribution in [-0.4, -0.2) is 14.2 Å². The summed E-state index contributed by atoms with van der Waals surface area (Å²) in [6.45, 7) is 0. The van der Waals surface area contributed by atoms with E-state index in [9.17, 15) is 4.39 Å². The maximum absolute atomic E-state index is 13.3. The predicted molar refractivity (Wildman–Crippen MR) is 72.6 cm³/mol. The third-order valence-corrected chi connectivity index (χ3v) is 3.28. The molecule has 2 aromatic carbocycles. The highest BCUT2D eigenvalue weighted by Crippen LogP contribution is 2.34. The molecule has 2 rings (SSSR count). The molecule has 0 spiro atoms. The number of methoxy groups -OCH3 is 2. The molecule has 0 aliphatic carbocycles. The minimum absolute atomic E-state index is 0.282. The van der Waals surface area contributed by atoms with Crippen molar-refractivity contribution in [1.29, 1.82) is 0 Å². The van der Waals surface area contributed by atoms with E-state index in [1.807, 2.05) is 12.1 Å². The number of ether oxygens (including phenoxy) is 2. The van der Waals surface area contributed by atoms with Gasteiger partial charge in [-0.3, -0.25) is 0 Å². The summed E-state index contributed by atoms with van der Waals surface area (Å²) in [6, 6.07) is 10.0. The van der Waals surface area contributed by atoms with Crippen LogP contribution >= 0.6 is 15.9 Å². The van der Waals surface area contributed by atoms with Crippen LogP contribution in [0.2, 0.25) is 0 Å². The zero-order valence-electron chi connectivity index (χ0n) is 10.0. The first-order valence-corrected chi connectivity index (χ1v) is 6.12. The molecule has 0 atom stereocenters. The smallest absolute Gasteiger partial charge is 0.123 e. The Kier molecular flexibility index (Phi) is 3.87. The standard InChI is InChI=1S/C14H12BrFO2/c1-17-11-5-9(6-12(8-11)18-2)13-7-10(16)3-4-14(13)15/h3-8H,1-2H3. The summed E-state index contributed by atoms with van der Waals surface area (Å²) in [6.07, 6.45) is 0. The van der Waals surface area contributed by atoms with Crippen molar-refractivity contribution in [2.45, 2.75) is 0 Å². The Balaban J connectivity index is 2.58. The van der Waals surface area contributed by atoms with Crippen LogP contribution in [0.15, 0.2) is 40.9 Å². The van der Waals surface area contributed by atoms with Gasteiger partial charge in [0.2, 0.25) is 0 Å². The average molecular weight is 311 g/mol. The van der Waals surface area contributed by atoms with Crippen molar-refractivity contribution in [3.05, 3.63) is 46.7 Å². The van der Waals surface area contributed by atoms with Crippen LogP contribution in [0.1, 0.15) is 0 Å². The molecule has 0 radical (unpaired) electrons. The fraction of sp³-hybridized carbons (Fsp3) is 0.143. The molecule has 0 saturated heterocycles. The first-order chi connectivity index (χ1) is 8.63. The van der Waals surface area contributed by atoms with Gasteiger partial charge >= 0.3 is 0 Å². The molecular weight excluding hydrogens is 299 g/mol. The van der Waals surface area contributed by atoms with Crippen LogP contribution < -0.4 is 9.47 Å². The molecule has 18 heavy (non-hydrogen) atoms. The second-order valence-corrected chi connectivity index (χ2v) is 4.58. The summed E-state index contributed by atoms with van der Waals surface area (Å²) in [5, 5.41) is 0. The summed E-state index contributed by atoms with van der Waals surface area (Å²) >= 11 is 3.41. The lowest BCUT2D eigenvalue weighted by molar-refractivity contribution is 0.394. The van der Waals surface area contributed by atoms with Crippen LogP contribution in [0.3, 0.4) is 0 Å². The fourth-order valence-electron chi connectivity index (χ4n) is 1.68. The second-order valence-electron chi connectivity index (χ2n) is 3.73. The lowest BCUT2D eigenvalue weighted by atomic mass is 10.0. The van der Waals surface area contributed by atoms with E-state index in [1.165, 1.54) is 12.1 Å². The lowest BCUT2D eigenvalue weighted by Gasteiger charge is -2.10. The van der Waals surface area contributed by atoms with Gasteiger partial charge in [0.15, 0.2) is 0 Å². The molecule has 0 heterocycles. The van der Waals surface area contributed by atoms with Gasteiger partial charge in [-0.05, 0) is 41.5 Å². The molecule has 0 N–H and O–H groups in total. The Morgan fingerprint density at radius 3 is 2.11 bits per heavy atom. The van der Waals surface area contributed by atoms with Crippen molar-refractivity contribution in [3.8, 4) is 22.6 Å². The van der Waals surface area contributed by atoms with E-state index < -0.39 is 0 Å². The largest absolute Gasteiger partial charge is 0.497 e. The van der Waals surface area contributed by atoms with Crippen LogP contribution in [0.25, 0.3) is 11.1 Å². The lowest BCUT2D eigenvalue weighted by Crippen LogP contribution is -1.90. The summed E-state index contributed by atoms with van der Waals surface area (Å²) in [4.78, 5) is 0. The molecule has 2 aromatic rings. The van der Waals surface area contributed by atoms with Gasteiger partial charge in [0.25, 0.3) is 0 Å². The normalized spacial score (nSPS) is 10.2. The molecule has 0 unspecified atom stereocenters. The van der Waals surface area contributed by atoms with E-state index in [1.54, 1.807) is 26.4 Å². The van der Waals surface area contributed by atoms with Crippen molar-refractivity contribution in [3.63, 3.8) is 0 Å². The Morgan fingerprint density at radius 2 is 1.56 bits per heavy atom. The number of benzene rings is 2. The number of hydrogen-bond acceptors (Lipinski definition) is 2. The van der Waals surface area contributed by atoms with Gasteiger partial charge < -0.3 is 9.47 Å². The summed E-state index contributed by atoms with van der Waals surface area (Å²) in [7, 11) is 3.17.